The van der Waals surface area contributed by atoms with Crippen molar-refractivity contribution in [3.63, 3.8) is 0 Å². The normalized spacial score (nSPS) is 17.6. The van der Waals surface area contributed by atoms with Gasteiger partial charge in [-0.15, -0.1) is 0 Å². The Bertz CT molecular complexity index is 787. The van der Waals surface area contributed by atoms with Crippen LogP contribution in [-0.4, -0.2) is 17.8 Å². The fourth-order valence-electron chi connectivity index (χ4n) is 3.24. The van der Waals surface area contributed by atoms with E-state index >= 15 is 0 Å². The van der Waals surface area contributed by atoms with Gasteiger partial charge < -0.3 is 20.1 Å². The third kappa shape index (κ3) is 4.28. The predicted octanol–water partition coefficient (Wildman–Crippen LogP) is 4.85. The van der Waals surface area contributed by atoms with Crippen molar-refractivity contribution in [3.8, 4) is 11.5 Å². The quantitative estimate of drug-likeness (QED) is 0.754. The van der Waals surface area contributed by atoms with Crippen LogP contribution in [0.2, 0.25) is 0 Å². The summed E-state index contributed by atoms with van der Waals surface area (Å²) in [6.07, 6.45) is 1.84. The van der Waals surface area contributed by atoms with E-state index in [9.17, 15) is 0 Å². The number of ether oxygens (including phenoxy) is 2. The Balaban J connectivity index is 1.76. The Hall–Kier alpha value is -2.27. The van der Waals surface area contributed by atoms with Crippen LogP contribution in [0.25, 0.3) is 0 Å². The zero-order valence-corrected chi connectivity index (χ0v) is 16.6. The van der Waals surface area contributed by atoms with Gasteiger partial charge in [-0.05, 0) is 68.4 Å². The Morgan fingerprint density at radius 3 is 2.62 bits per heavy atom. The highest BCUT2D eigenvalue weighted by molar-refractivity contribution is 7.80. The molecule has 2 aromatic rings. The molecule has 0 saturated heterocycles. The van der Waals surface area contributed by atoms with E-state index in [2.05, 4.69) is 55.7 Å². The monoisotopic (exact) mass is 370 g/mol. The summed E-state index contributed by atoms with van der Waals surface area (Å²) in [5.74, 6) is 1.68. The first kappa shape index (κ1) is 18.5. The van der Waals surface area contributed by atoms with Crippen LogP contribution in [0.4, 0.5) is 5.69 Å². The van der Waals surface area contributed by atoms with Gasteiger partial charge in [0.15, 0.2) is 5.11 Å². The SMILES string of the molecule is CCc1ccc(NC(=S)NC2CC(C)(C)Oc3ccc(OC)cc32)cc1. The van der Waals surface area contributed by atoms with Gasteiger partial charge in [0, 0.05) is 17.7 Å². The Kier molecular flexibility index (Phi) is 5.37. The average molecular weight is 371 g/mol. The summed E-state index contributed by atoms with van der Waals surface area (Å²) in [7, 11) is 1.67. The van der Waals surface area contributed by atoms with Crippen molar-refractivity contribution < 1.29 is 9.47 Å². The molecule has 138 valence electrons. The second-order valence-electron chi connectivity index (χ2n) is 7.17. The Labute approximate surface area is 160 Å². The van der Waals surface area contributed by atoms with E-state index in [1.165, 1.54) is 5.56 Å². The van der Waals surface area contributed by atoms with E-state index in [0.717, 1.165) is 35.6 Å². The maximum atomic E-state index is 6.12. The summed E-state index contributed by atoms with van der Waals surface area (Å²) in [4.78, 5) is 0. The van der Waals surface area contributed by atoms with Crippen molar-refractivity contribution in [2.75, 3.05) is 12.4 Å². The fourth-order valence-corrected chi connectivity index (χ4v) is 3.50. The van der Waals surface area contributed by atoms with E-state index in [4.69, 9.17) is 21.7 Å². The second-order valence-corrected chi connectivity index (χ2v) is 7.58. The van der Waals surface area contributed by atoms with Crippen LogP contribution in [0.5, 0.6) is 11.5 Å². The molecule has 0 amide bonds. The first-order chi connectivity index (χ1) is 12.4. The largest absolute Gasteiger partial charge is 0.497 e. The topological polar surface area (TPSA) is 42.5 Å². The number of rotatable bonds is 4. The van der Waals surface area contributed by atoms with Crippen LogP contribution in [-0.2, 0) is 6.42 Å². The van der Waals surface area contributed by atoms with E-state index in [1.807, 2.05) is 18.2 Å². The van der Waals surface area contributed by atoms with Gasteiger partial charge >= 0.3 is 0 Å². The molecule has 0 saturated carbocycles. The van der Waals surface area contributed by atoms with E-state index in [0.29, 0.717) is 5.11 Å². The number of nitrogens with one attached hydrogen (secondary N) is 2. The molecular weight excluding hydrogens is 344 g/mol. The van der Waals surface area contributed by atoms with Crippen LogP contribution in [0.15, 0.2) is 42.5 Å². The number of thiocarbonyl (C=S) groups is 1. The lowest BCUT2D eigenvalue weighted by molar-refractivity contribution is 0.0695. The zero-order valence-electron chi connectivity index (χ0n) is 15.8. The van der Waals surface area contributed by atoms with Gasteiger partial charge in [0.25, 0.3) is 0 Å². The maximum absolute atomic E-state index is 6.12. The molecule has 2 N–H and O–H groups in total. The fraction of sp³-hybridized carbons (Fsp3) is 0.381. The lowest BCUT2D eigenvalue weighted by atomic mass is 9.89. The lowest BCUT2D eigenvalue weighted by Crippen LogP contribution is -2.42. The minimum Gasteiger partial charge on any atom is -0.497 e. The number of hydrogen-bond acceptors (Lipinski definition) is 3. The minimum absolute atomic E-state index is 0.0544. The molecule has 26 heavy (non-hydrogen) atoms. The lowest BCUT2D eigenvalue weighted by Gasteiger charge is -2.38. The van der Waals surface area contributed by atoms with Crippen molar-refractivity contribution >= 4 is 23.0 Å². The Morgan fingerprint density at radius 2 is 1.96 bits per heavy atom. The van der Waals surface area contributed by atoms with E-state index in [-0.39, 0.29) is 11.6 Å². The smallest absolute Gasteiger partial charge is 0.171 e. The number of methoxy groups -OCH3 is 1. The molecule has 0 aliphatic carbocycles. The van der Waals surface area contributed by atoms with Crippen molar-refractivity contribution in [3.05, 3.63) is 53.6 Å². The van der Waals surface area contributed by atoms with Gasteiger partial charge in [-0.2, -0.15) is 0 Å². The Morgan fingerprint density at radius 1 is 1.23 bits per heavy atom. The van der Waals surface area contributed by atoms with Crippen LogP contribution < -0.4 is 20.1 Å². The molecule has 1 atom stereocenters. The number of fused-ring (bicyclic) bond motifs is 1. The molecule has 3 rings (SSSR count). The number of aryl methyl sites for hydroxylation is 1. The molecule has 1 heterocycles. The highest BCUT2D eigenvalue weighted by atomic mass is 32.1. The van der Waals surface area contributed by atoms with Crippen molar-refractivity contribution in [2.45, 2.75) is 45.3 Å². The summed E-state index contributed by atoms with van der Waals surface area (Å²) in [6, 6.07) is 14.3. The summed E-state index contributed by atoms with van der Waals surface area (Å²) >= 11 is 5.55. The molecule has 0 spiro atoms. The average Bonchev–Trinajstić information content (AvgIpc) is 2.61. The molecule has 4 nitrogen and oxygen atoms in total. The first-order valence-electron chi connectivity index (χ1n) is 8.93. The number of hydrogen-bond donors (Lipinski definition) is 2. The van der Waals surface area contributed by atoms with Gasteiger partial charge in [0.2, 0.25) is 0 Å². The predicted molar refractivity (Wildman–Crippen MR) is 110 cm³/mol. The first-order valence-corrected chi connectivity index (χ1v) is 9.34. The van der Waals surface area contributed by atoms with Crippen LogP contribution in [0, 0.1) is 0 Å². The minimum atomic E-state index is -0.266. The number of benzene rings is 2. The molecular formula is C21H26N2O2S. The van der Waals surface area contributed by atoms with Gasteiger partial charge in [0.1, 0.15) is 17.1 Å². The highest BCUT2D eigenvalue weighted by Gasteiger charge is 2.34. The molecule has 0 fully saturated rings. The third-order valence-electron chi connectivity index (χ3n) is 4.60. The second kappa shape index (κ2) is 7.54. The molecule has 5 heteroatoms. The molecule has 0 bridgehead atoms. The van der Waals surface area contributed by atoms with Crippen LogP contribution in [0.3, 0.4) is 0 Å². The van der Waals surface area contributed by atoms with Gasteiger partial charge in [-0.25, -0.2) is 0 Å². The molecule has 1 aliphatic heterocycles. The van der Waals surface area contributed by atoms with Gasteiger partial charge in [-0.3, -0.25) is 0 Å². The molecule has 1 aliphatic rings. The highest BCUT2D eigenvalue weighted by Crippen LogP contribution is 2.41. The van der Waals surface area contributed by atoms with Crippen molar-refractivity contribution in [1.82, 2.24) is 5.32 Å². The summed E-state index contributed by atoms with van der Waals surface area (Å²) in [5, 5.41) is 7.32. The van der Waals surface area contributed by atoms with Crippen molar-refractivity contribution in [2.24, 2.45) is 0 Å². The molecule has 0 radical (unpaired) electrons. The van der Waals surface area contributed by atoms with Crippen LogP contribution in [0.1, 0.15) is 44.4 Å². The van der Waals surface area contributed by atoms with Crippen LogP contribution >= 0.6 is 12.2 Å². The standard InChI is InChI=1S/C21H26N2O2S/c1-5-14-6-8-15(9-7-14)22-20(26)23-18-13-21(2,3)25-19-11-10-16(24-4)12-17(18)19/h6-12,18H,5,13H2,1-4H3,(H2,22,23,26). The molecule has 0 aromatic heterocycles. The van der Waals surface area contributed by atoms with Gasteiger partial charge in [-0.1, -0.05) is 19.1 Å². The maximum Gasteiger partial charge on any atom is 0.171 e. The van der Waals surface area contributed by atoms with E-state index < -0.39 is 0 Å². The summed E-state index contributed by atoms with van der Waals surface area (Å²) in [6.45, 7) is 6.33. The number of anilines is 1. The third-order valence-corrected chi connectivity index (χ3v) is 4.82. The van der Waals surface area contributed by atoms with Crippen molar-refractivity contribution in [1.29, 1.82) is 0 Å². The zero-order chi connectivity index (χ0) is 18.7. The van der Waals surface area contributed by atoms with E-state index in [1.54, 1.807) is 7.11 Å². The molecule has 1 unspecified atom stereocenters. The van der Waals surface area contributed by atoms with Gasteiger partial charge in [0.05, 0.1) is 13.2 Å². The molecule has 2 aromatic carbocycles. The summed E-state index contributed by atoms with van der Waals surface area (Å²) < 4.78 is 11.5. The summed E-state index contributed by atoms with van der Waals surface area (Å²) in [5.41, 5.74) is 3.09.